The fraction of sp³-hybridized carbons (Fsp3) is 0.143. The minimum absolute atomic E-state index is 0.0687. The summed E-state index contributed by atoms with van der Waals surface area (Å²) in [6, 6.07) is 11.8. The summed E-state index contributed by atoms with van der Waals surface area (Å²) in [4.78, 5) is 16.9. The van der Waals surface area contributed by atoms with E-state index in [1.54, 1.807) is 30.9 Å². The van der Waals surface area contributed by atoms with Gasteiger partial charge in [-0.15, -0.1) is 0 Å². The second kappa shape index (κ2) is 4.46. The van der Waals surface area contributed by atoms with Gasteiger partial charge in [-0.3, -0.25) is 9.78 Å². The number of hydrogen-bond acceptors (Lipinski definition) is 4. The van der Waals surface area contributed by atoms with Gasteiger partial charge in [0.05, 0.1) is 5.69 Å². The second-order valence-electron chi connectivity index (χ2n) is 4.16. The van der Waals surface area contributed by atoms with Crippen LogP contribution in [0.1, 0.15) is 28.3 Å². The SMILES string of the molecule is CC(=O)c1ccnc(C2Nc3ccccc3S2)c1. The van der Waals surface area contributed by atoms with Gasteiger partial charge in [-0.2, -0.15) is 0 Å². The molecular weight excluding hydrogens is 244 g/mol. The minimum Gasteiger partial charge on any atom is -0.367 e. The number of nitrogens with one attached hydrogen (secondary N) is 1. The Hall–Kier alpha value is -1.81. The fourth-order valence-corrected chi connectivity index (χ4v) is 3.03. The maximum atomic E-state index is 11.4. The van der Waals surface area contributed by atoms with Gasteiger partial charge in [0.1, 0.15) is 5.37 Å². The van der Waals surface area contributed by atoms with E-state index in [-0.39, 0.29) is 11.2 Å². The molecule has 1 aliphatic heterocycles. The van der Waals surface area contributed by atoms with E-state index in [0.717, 1.165) is 11.4 Å². The number of pyridine rings is 1. The van der Waals surface area contributed by atoms with Crippen LogP contribution in [0.25, 0.3) is 0 Å². The highest BCUT2D eigenvalue weighted by atomic mass is 32.2. The van der Waals surface area contributed by atoms with Crippen molar-refractivity contribution < 1.29 is 4.79 Å². The summed E-state index contributed by atoms with van der Waals surface area (Å²) < 4.78 is 0. The molecule has 0 aliphatic carbocycles. The zero-order chi connectivity index (χ0) is 12.5. The average molecular weight is 256 g/mol. The quantitative estimate of drug-likeness (QED) is 0.835. The highest BCUT2D eigenvalue weighted by molar-refractivity contribution is 8.00. The zero-order valence-corrected chi connectivity index (χ0v) is 10.7. The van der Waals surface area contributed by atoms with E-state index >= 15 is 0 Å². The third kappa shape index (κ3) is 1.99. The predicted molar refractivity (Wildman–Crippen MR) is 72.9 cm³/mol. The molecule has 2 aromatic rings. The monoisotopic (exact) mass is 256 g/mol. The number of thioether (sulfide) groups is 1. The first kappa shape index (κ1) is 11.3. The van der Waals surface area contributed by atoms with Crippen LogP contribution in [0.4, 0.5) is 5.69 Å². The number of anilines is 1. The van der Waals surface area contributed by atoms with Gasteiger partial charge < -0.3 is 5.32 Å². The molecule has 0 bridgehead atoms. The first-order valence-electron chi connectivity index (χ1n) is 5.73. The van der Waals surface area contributed by atoms with Crippen LogP contribution in [0.3, 0.4) is 0 Å². The van der Waals surface area contributed by atoms with Crippen molar-refractivity contribution in [1.82, 2.24) is 4.98 Å². The van der Waals surface area contributed by atoms with Gasteiger partial charge in [0.15, 0.2) is 5.78 Å². The summed E-state index contributed by atoms with van der Waals surface area (Å²) in [5.74, 6) is 0.0687. The van der Waals surface area contributed by atoms with Gasteiger partial charge in [0.25, 0.3) is 0 Å². The average Bonchev–Trinajstić information content (AvgIpc) is 2.82. The number of ketones is 1. The molecule has 1 N–H and O–H groups in total. The number of rotatable bonds is 2. The molecule has 0 spiro atoms. The first-order chi connectivity index (χ1) is 8.74. The maximum absolute atomic E-state index is 11.4. The number of benzene rings is 1. The minimum atomic E-state index is 0.0687. The molecule has 4 heteroatoms. The molecule has 1 aromatic carbocycles. The Kier molecular flexibility index (Phi) is 2.80. The number of aromatic nitrogens is 1. The molecule has 0 fully saturated rings. The van der Waals surface area contributed by atoms with Crippen molar-refractivity contribution >= 4 is 23.2 Å². The van der Waals surface area contributed by atoms with Gasteiger partial charge in [-0.1, -0.05) is 23.9 Å². The third-order valence-corrected chi connectivity index (χ3v) is 4.08. The van der Waals surface area contributed by atoms with Crippen LogP contribution in [0, 0.1) is 0 Å². The maximum Gasteiger partial charge on any atom is 0.159 e. The number of nitrogens with zero attached hydrogens (tertiary/aromatic N) is 1. The Morgan fingerprint density at radius 3 is 2.94 bits per heavy atom. The summed E-state index contributed by atoms with van der Waals surface area (Å²) >= 11 is 1.72. The van der Waals surface area contributed by atoms with Crippen LogP contribution < -0.4 is 5.32 Å². The first-order valence-corrected chi connectivity index (χ1v) is 6.61. The van der Waals surface area contributed by atoms with Crippen molar-refractivity contribution in [1.29, 1.82) is 0 Å². The molecule has 2 heterocycles. The summed E-state index contributed by atoms with van der Waals surface area (Å²) in [6.07, 6.45) is 1.69. The number of carbonyl (C=O) groups is 1. The smallest absolute Gasteiger partial charge is 0.159 e. The van der Waals surface area contributed by atoms with Crippen LogP contribution >= 0.6 is 11.8 Å². The Balaban J connectivity index is 1.90. The summed E-state index contributed by atoms with van der Waals surface area (Å²) in [5, 5.41) is 3.49. The molecular formula is C14H12N2OS. The van der Waals surface area contributed by atoms with E-state index < -0.39 is 0 Å². The van der Waals surface area contributed by atoms with Crippen LogP contribution in [-0.4, -0.2) is 10.8 Å². The highest BCUT2D eigenvalue weighted by Gasteiger charge is 2.23. The van der Waals surface area contributed by atoms with E-state index in [9.17, 15) is 4.79 Å². The van der Waals surface area contributed by atoms with Crippen molar-refractivity contribution in [3.05, 3.63) is 53.9 Å². The summed E-state index contributed by atoms with van der Waals surface area (Å²) in [7, 11) is 0. The van der Waals surface area contributed by atoms with Crippen LogP contribution in [-0.2, 0) is 0 Å². The molecule has 3 rings (SSSR count). The van der Waals surface area contributed by atoms with E-state index in [4.69, 9.17) is 0 Å². The van der Waals surface area contributed by atoms with E-state index in [1.807, 2.05) is 18.2 Å². The lowest BCUT2D eigenvalue weighted by atomic mass is 10.1. The number of para-hydroxylation sites is 1. The zero-order valence-electron chi connectivity index (χ0n) is 9.88. The molecule has 1 aromatic heterocycles. The Morgan fingerprint density at radius 2 is 2.17 bits per heavy atom. The van der Waals surface area contributed by atoms with Gasteiger partial charge in [-0.25, -0.2) is 0 Å². The molecule has 18 heavy (non-hydrogen) atoms. The highest BCUT2D eigenvalue weighted by Crippen LogP contribution is 2.45. The van der Waals surface area contributed by atoms with Crippen LogP contribution in [0.5, 0.6) is 0 Å². The lowest BCUT2D eigenvalue weighted by Gasteiger charge is -2.10. The Labute approximate surface area is 110 Å². The number of hydrogen-bond donors (Lipinski definition) is 1. The number of fused-ring (bicyclic) bond motifs is 1. The lowest BCUT2D eigenvalue weighted by molar-refractivity contribution is 0.101. The van der Waals surface area contributed by atoms with Gasteiger partial charge in [-0.05, 0) is 31.2 Å². The molecule has 1 unspecified atom stereocenters. The number of Topliss-reactive ketones (excluding diaryl/α,β-unsaturated/α-hetero) is 1. The molecule has 1 atom stereocenters. The molecule has 0 radical (unpaired) electrons. The molecule has 0 saturated heterocycles. The second-order valence-corrected chi connectivity index (χ2v) is 5.31. The molecule has 3 nitrogen and oxygen atoms in total. The van der Waals surface area contributed by atoms with Crippen molar-refractivity contribution in [2.75, 3.05) is 5.32 Å². The van der Waals surface area contributed by atoms with E-state index in [1.165, 1.54) is 4.90 Å². The lowest BCUT2D eigenvalue weighted by Crippen LogP contribution is -2.05. The fourth-order valence-electron chi connectivity index (χ4n) is 1.93. The Morgan fingerprint density at radius 1 is 1.33 bits per heavy atom. The van der Waals surface area contributed by atoms with Gasteiger partial charge in [0.2, 0.25) is 0 Å². The third-order valence-electron chi connectivity index (χ3n) is 2.87. The topological polar surface area (TPSA) is 42.0 Å². The van der Waals surface area contributed by atoms with Gasteiger partial charge in [0, 0.05) is 22.3 Å². The van der Waals surface area contributed by atoms with Crippen molar-refractivity contribution in [2.45, 2.75) is 17.2 Å². The molecule has 1 aliphatic rings. The molecule has 90 valence electrons. The Bertz CT molecular complexity index is 587. The van der Waals surface area contributed by atoms with Crippen LogP contribution in [0.2, 0.25) is 0 Å². The largest absolute Gasteiger partial charge is 0.367 e. The van der Waals surface area contributed by atoms with Gasteiger partial charge >= 0.3 is 0 Å². The van der Waals surface area contributed by atoms with Crippen LogP contribution in [0.15, 0.2) is 47.5 Å². The van der Waals surface area contributed by atoms with Crippen molar-refractivity contribution in [2.24, 2.45) is 0 Å². The summed E-state index contributed by atoms with van der Waals surface area (Å²) in [6.45, 7) is 1.57. The number of carbonyl (C=O) groups excluding carboxylic acids is 1. The summed E-state index contributed by atoms with van der Waals surface area (Å²) in [5.41, 5.74) is 2.73. The molecule has 0 amide bonds. The van der Waals surface area contributed by atoms with Crippen molar-refractivity contribution in [3.8, 4) is 0 Å². The van der Waals surface area contributed by atoms with E-state index in [0.29, 0.717) is 5.56 Å². The standard InChI is InChI=1S/C14H12N2OS/c1-9(17)10-6-7-15-12(8-10)14-16-11-4-2-3-5-13(11)18-14/h2-8,14,16H,1H3. The normalized spacial score (nSPS) is 17.1. The van der Waals surface area contributed by atoms with E-state index in [2.05, 4.69) is 22.4 Å². The van der Waals surface area contributed by atoms with Crippen molar-refractivity contribution in [3.63, 3.8) is 0 Å². The predicted octanol–water partition coefficient (Wildman–Crippen LogP) is 3.50. The molecule has 0 saturated carbocycles.